The first-order valence-corrected chi connectivity index (χ1v) is 15.0. The van der Waals surface area contributed by atoms with E-state index >= 15 is 0 Å². The minimum Gasteiger partial charge on any atom is -0.664 e. The van der Waals surface area contributed by atoms with E-state index in [4.69, 9.17) is 0 Å². The molecule has 0 fully saturated rings. The summed E-state index contributed by atoms with van der Waals surface area (Å²) in [5.41, 5.74) is 7.82. The summed E-state index contributed by atoms with van der Waals surface area (Å²) in [5, 5.41) is 9.08. The maximum Gasteiger partial charge on any atom is 2.00 e. The molecular weight excluding hydrogens is 624 g/mol. The second-order valence-electron chi connectivity index (χ2n) is 10.0. The first-order chi connectivity index (χ1) is 22.8. The van der Waals surface area contributed by atoms with Crippen LogP contribution in [0.15, 0.2) is 204 Å². The van der Waals surface area contributed by atoms with Crippen molar-refractivity contribution in [1.29, 1.82) is 0 Å². The first-order valence-electron chi connectivity index (χ1n) is 15.0. The smallest absolute Gasteiger partial charge is 0.664 e. The minimum absolute atomic E-state index is 0. The molecule has 6 aromatic carbocycles. The minimum atomic E-state index is 0. The van der Waals surface area contributed by atoms with Crippen molar-refractivity contribution in [3.63, 3.8) is 0 Å². The number of nitrogens with zero attached hydrogens (tertiary/aromatic N) is 4. The summed E-state index contributed by atoms with van der Waals surface area (Å²) in [4.78, 5) is 9.08. The molecule has 0 bridgehead atoms. The van der Waals surface area contributed by atoms with Gasteiger partial charge in [-0.3, -0.25) is 9.98 Å². The monoisotopic (exact) mass is 657 g/mol. The van der Waals surface area contributed by atoms with E-state index in [0.29, 0.717) is 0 Å². The largest absolute Gasteiger partial charge is 2.00 e. The van der Waals surface area contributed by atoms with Gasteiger partial charge in [-0.25, -0.2) is 0 Å². The molecule has 233 valence electrons. The quantitative estimate of drug-likeness (QED) is 0.104. The van der Waals surface area contributed by atoms with Crippen LogP contribution in [0, 0.1) is 0 Å². The molecule has 47 heavy (non-hydrogen) atoms. The summed E-state index contributed by atoms with van der Waals surface area (Å²) in [6.45, 7) is 0. The molecule has 0 aromatic heterocycles. The van der Waals surface area contributed by atoms with E-state index in [-0.39, 0.29) is 17.1 Å². The zero-order valence-corrected chi connectivity index (χ0v) is 26.7. The first kappa shape index (κ1) is 34.1. The number of allylic oxidation sites excluding steroid dienone is 2. The molecular formula is C42H34CuN4. The molecule has 0 spiro atoms. The fraction of sp³-hybridized carbons (Fsp3) is 0. The topological polar surface area (TPSA) is 52.9 Å². The van der Waals surface area contributed by atoms with Crippen LogP contribution < -0.4 is 0 Å². The van der Waals surface area contributed by atoms with Crippen LogP contribution in [-0.2, 0) is 17.1 Å². The van der Waals surface area contributed by atoms with Crippen LogP contribution in [0.5, 0.6) is 0 Å². The Kier molecular flexibility index (Phi) is 14.2. The SMILES string of the molecule is C(=Nc1ccccc1)/C(=C\[N-]c1ccccc1)c1ccccc1.C(=Nc1ccccc1)/C(=C\[N-]c1ccccc1)c1ccccc1.[Cu+2]. The van der Waals surface area contributed by atoms with Gasteiger partial charge < -0.3 is 10.6 Å². The van der Waals surface area contributed by atoms with Crippen LogP contribution in [0.4, 0.5) is 22.7 Å². The summed E-state index contributed by atoms with van der Waals surface area (Å²) >= 11 is 0. The van der Waals surface area contributed by atoms with E-state index in [1.165, 1.54) is 0 Å². The molecule has 0 atom stereocenters. The number of rotatable bonds is 10. The van der Waals surface area contributed by atoms with Crippen LogP contribution in [0.25, 0.3) is 21.8 Å². The Morgan fingerprint density at radius 1 is 0.362 bits per heavy atom. The molecule has 1 radical (unpaired) electrons. The van der Waals surface area contributed by atoms with Gasteiger partial charge in [-0.1, -0.05) is 158 Å². The van der Waals surface area contributed by atoms with E-state index in [1.54, 1.807) is 0 Å². The molecule has 0 N–H and O–H groups in total. The Bertz CT molecular complexity index is 1700. The fourth-order valence-electron chi connectivity index (χ4n) is 4.26. The maximum atomic E-state index is 4.54. The number of hydrogen-bond donors (Lipinski definition) is 0. The van der Waals surface area contributed by atoms with Crippen molar-refractivity contribution in [2.24, 2.45) is 9.98 Å². The van der Waals surface area contributed by atoms with Gasteiger partial charge in [0.25, 0.3) is 0 Å². The van der Waals surface area contributed by atoms with Crippen molar-refractivity contribution < 1.29 is 17.1 Å². The standard InChI is InChI=1S/2C21H17N2.Cu/c2*1-4-10-18(11-5-1)19(16-22-20-12-6-2-7-13-20)17-23-21-14-8-3-9-15-21;/h2*1-17H;/q2*-1;+2/b2*19-16+,23-17?;. The second kappa shape index (κ2) is 19.6. The van der Waals surface area contributed by atoms with Crippen LogP contribution >= 0.6 is 0 Å². The molecule has 4 nitrogen and oxygen atoms in total. The Labute approximate surface area is 288 Å². The summed E-state index contributed by atoms with van der Waals surface area (Å²) in [6.07, 6.45) is 7.43. The van der Waals surface area contributed by atoms with Gasteiger partial charge >= 0.3 is 17.1 Å². The average Bonchev–Trinajstić information content (AvgIpc) is 3.14. The average molecular weight is 658 g/mol. The van der Waals surface area contributed by atoms with Gasteiger partial charge in [0, 0.05) is 12.4 Å². The Morgan fingerprint density at radius 2 is 0.638 bits per heavy atom. The Morgan fingerprint density at radius 3 is 0.957 bits per heavy atom. The van der Waals surface area contributed by atoms with Gasteiger partial charge in [0.1, 0.15) is 0 Å². The molecule has 0 aliphatic carbocycles. The van der Waals surface area contributed by atoms with Crippen molar-refractivity contribution in [3.8, 4) is 0 Å². The van der Waals surface area contributed by atoms with Crippen LogP contribution in [0.1, 0.15) is 11.1 Å². The summed E-state index contributed by atoms with van der Waals surface area (Å²) in [7, 11) is 0. The zero-order chi connectivity index (χ0) is 31.5. The van der Waals surface area contributed by atoms with Gasteiger partial charge in [-0.15, -0.1) is 11.4 Å². The van der Waals surface area contributed by atoms with Crippen LogP contribution in [-0.4, -0.2) is 12.4 Å². The summed E-state index contributed by atoms with van der Waals surface area (Å²) < 4.78 is 0. The Balaban J connectivity index is 0.000000208. The van der Waals surface area contributed by atoms with E-state index in [2.05, 4.69) is 44.9 Å². The second-order valence-corrected chi connectivity index (χ2v) is 10.0. The third kappa shape index (κ3) is 11.9. The summed E-state index contributed by atoms with van der Waals surface area (Å²) in [5.74, 6) is 0. The van der Waals surface area contributed by atoms with Crippen molar-refractivity contribution in [1.82, 2.24) is 0 Å². The fourth-order valence-corrected chi connectivity index (χ4v) is 4.26. The van der Waals surface area contributed by atoms with E-state index in [0.717, 1.165) is 45.0 Å². The molecule has 0 heterocycles. The molecule has 6 rings (SSSR count). The predicted octanol–water partition coefficient (Wildman–Crippen LogP) is 12.3. The van der Waals surface area contributed by atoms with E-state index in [1.807, 2.05) is 183 Å². The number of benzene rings is 6. The van der Waals surface area contributed by atoms with Crippen molar-refractivity contribution in [2.75, 3.05) is 0 Å². The van der Waals surface area contributed by atoms with E-state index < -0.39 is 0 Å². The third-order valence-electron chi connectivity index (χ3n) is 6.65. The van der Waals surface area contributed by atoms with Crippen molar-refractivity contribution >= 4 is 46.3 Å². The molecule has 0 aliphatic rings. The van der Waals surface area contributed by atoms with E-state index in [9.17, 15) is 0 Å². The third-order valence-corrected chi connectivity index (χ3v) is 6.65. The van der Waals surface area contributed by atoms with Gasteiger partial charge in [0.05, 0.1) is 11.4 Å². The maximum absolute atomic E-state index is 4.54. The Hall–Kier alpha value is -5.74. The molecule has 0 saturated carbocycles. The molecule has 0 amide bonds. The number of para-hydroxylation sites is 4. The predicted molar refractivity (Wildman–Crippen MR) is 197 cm³/mol. The van der Waals surface area contributed by atoms with Gasteiger partial charge in [0.2, 0.25) is 0 Å². The van der Waals surface area contributed by atoms with Crippen molar-refractivity contribution in [2.45, 2.75) is 0 Å². The summed E-state index contributed by atoms with van der Waals surface area (Å²) in [6, 6.07) is 59.9. The van der Waals surface area contributed by atoms with Gasteiger partial charge in [-0.2, -0.15) is 12.4 Å². The molecule has 6 aromatic rings. The van der Waals surface area contributed by atoms with Crippen molar-refractivity contribution in [3.05, 3.63) is 216 Å². The number of hydrogen-bond acceptors (Lipinski definition) is 2. The van der Waals surface area contributed by atoms with Gasteiger partial charge in [0.15, 0.2) is 0 Å². The molecule has 0 unspecified atom stereocenters. The zero-order valence-electron chi connectivity index (χ0n) is 25.7. The molecule has 5 heteroatoms. The molecule has 0 aliphatic heterocycles. The molecule has 0 saturated heterocycles. The normalized spacial score (nSPS) is 11.3. The van der Waals surface area contributed by atoms with Crippen LogP contribution in [0.2, 0.25) is 0 Å². The van der Waals surface area contributed by atoms with Gasteiger partial charge in [-0.05, 0) is 46.5 Å². The number of aliphatic imine (C=N–C) groups is 2. The van der Waals surface area contributed by atoms with Crippen LogP contribution in [0.3, 0.4) is 0 Å².